The molecule has 6 heteroatoms. The molecule has 0 amide bonds. The largest absolute Gasteiger partial charge is 0.435 e. The summed E-state index contributed by atoms with van der Waals surface area (Å²) in [6.45, 7) is 5.71. The molecule has 0 aliphatic rings. The van der Waals surface area contributed by atoms with Gasteiger partial charge in [-0.15, -0.1) is 0 Å². The van der Waals surface area contributed by atoms with Gasteiger partial charge in [-0.2, -0.15) is 5.10 Å². The van der Waals surface area contributed by atoms with Crippen molar-refractivity contribution in [1.82, 2.24) is 14.8 Å². The van der Waals surface area contributed by atoms with Gasteiger partial charge in [-0.1, -0.05) is 12.2 Å². The van der Waals surface area contributed by atoms with Gasteiger partial charge in [-0.3, -0.25) is 4.68 Å². The summed E-state index contributed by atoms with van der Waals surface area (Å²) in [4.78, 5) is 4.66. The first-order chi connectivity index (χ1) is 8.88. The molecule has 0 spiro atoms. The van der Waals surface area contributed by atoms with E-state index >= 15 is 0 Å². The minimum Gasteiger partial charge on any atom is -0.435 e. The molecule has 0 aliphatic carbocycles. The summed E-state index contributed by atoms with van der Waals surface area (Å²) in [7, 11) is 1.87. The maximum absolute atomic E-state index is 5.82. The molecule has 0 aromatic carbocycles. The normalized spacial score (nSPS) is 10.5. The minimum atomic E-state index is 0.329. The van der Waals surface area contributed by atoms with E-state index in [0.29, 0.717) is 10.9 Å². The molecule has 0 aliphatic heterocycles. The minimum absolute atomic E-state index is 0.329. The number of aromatic nitrogens is 3. The van der Waals surface area contributed by atoms with Crippen molar-refractivity contribution in [3.8, 4) is 11.6 Å². The first kappa shape index (κ1) is 13.5. The Kier molecular flexibility index (Phi) is 3.53. The third kappa shape index (κ3) is 2.73. The first-order valence-corrected chi connectivity index (χ1v) is 6.26. The molecule has 2 aromatic rings. The quantitative estimate of drug-likeness (QED) is 0.870. The van der Waals surface area contributed by atoms with Crippen LogP contribution in [-0.4, -0.2) is 19.8 Å². The molecule has 0 atom stereocenters. The van der Waals surface area contributed by atoms with Gasteiger partial charge in [0.1, 0.15) is 10.7 Å². The Bertz CT molecular complexity index is 648. The predicted octanol–water partition coefficient (Wildman–Crippen LogP) is 2.17. The molecule has 0 radical (unpaired) electrons. The van der Waals surface area contributed by atoms with Crippen LogP contribution in [0, 0.1) is 20.8 Å². The van der Waals surface area contributed by atoms with E-state index in [1.165, 1.54) is 0 Å². The van der Waals surface area contributed by atoms with Crippen LogP contribution in [0.1, 0.15) is 22.6 Å². The molecule has 0 unspecified atom stereocenters. The molecule has 2 rings (SSSR count). The Morgan fingerprint density at radius 1 is 1.32 bits per heavy atom. The van der Waals surface area contributed by atoms with E-state index in [9.17, 15) is 0 Å². The van der Waals surface area contributed by atoms with Crippen molar-refractivity contribution in [2.24, 2.45) is 12.8 Å². The van der Waals surface area contributed by atoms with Crippen LogP contribution in [0.4, 0.5) is 0 Å². The highest BCUT2D eigenvalue weighted by Crippen LogP contribution is 2.27. The predicted molar refractivity (Wildman–Crippen MR) is 77.6 cm³/mol. The summed E-state index contributed by atoms with van der Waals surface area (Å²) in [6.07, 6.45) is 0. The van der Waals surface area contributed by atoms with Crippen LogP contribution in [0.5, 0.6) is 11.6 Å². The van der Waals surface area contributed by atoms with Gasteiger partial charge in [0.05, 0.1) is 5.69 Å². The second-order valence-corrected chi connectivity index (χ2v) is 4.87. The van der Waals surface area contributed by atoms with Gasteiger partial charge < -0.3 is 10.5 Å². The van der Waals surface area contributed by atoms with Gasteiger partial charge >= 0.3 is 0 Å². The zero-order chi connectivity index (χ0) is 14.2. The number of nitrogens with zero attached hydrogens (tertiary/aromatic N) is 3. The third-order valence-electron chi connectivity index (χ3n) is 2.86. The van der Waals surface area contributed by atoms with Crippen LogP contribution >= 0.6 is 12.2 Å². The number of aryl methyl sites for hydroxylation is 3. The lowest BCUT2D eigenvalue weighted by molar-refractivity contribution is 0.454. The molecule has 5 nitrogen and oxygen atoms in total. The second kappa shape index (κ2) is 4.97. The Morgan fingerprint density at radius 2 is 2.00 bits per heavy atom. The lowest BCUT2D eigenvalue weighted by atomic mass is 10.2. The smallest absolute Gasteiger partial charge is 0.220 e. The number of rotatable bonds is 3. The number of hydrogen-bond donors (Lipinski definition) is 1. The van der Waals surface area contributed by atoms with Gasteiger partial charge in [-0.25, -0.2) is 4.98 Å². The summed E-state index contributed by atoms with van der Waals surface area (Å²) in [5.41, 5.74) is 8.95. The summed E-state index contributed by atoms with van der Waals surface area (Å²) in [5, 5.41) is 4.30. The van der Waals surface area contributed by atoms with Crippen LogP contribution in [-0.2, 0) is 7.05 Å². The third-order valence-corrected chi connectivity index (χ3v) is 3.10. The van der Waals surface area contributed by atoms with E-state index in [0.717, 1.165) is 28.4 Å². The van der Waals surface area contributed by atoms with Crippen LogP contribution in [0.3, 0.4) is 0 Å². The SMILES string of the molecule is Cc1cc(C(N)=S)cc(Oc2c(C)nn(C)c2C)n1. The van der Waals surface area contributed by atoms with Gasteiger partial charge in [0.2, 0.25) is 5.88 Å². The molecular formula is C13H16N4OS. The highest BCUT2D eigenvalue weighted by atomic mass is 32.1. The van der Waals surface area contributed by atoms with Crippen molar-refractivity contribution in [3.63, 3.8) is 0 Å². The van der Waals surface area contributed by atoms with Crippen molar-refractivity contribution in [3.05, 3.63) is 34.8 Å². The number of nitrogens with two attached hydrogens (primary N) is 1. The van der Waals surface area contributed by atoms with Crippen molar-refractivity contribution in [2.45, 2.75) is 20.8 Å². The van der Waals surface area contributed by atoms with E-state index in [-0.39, 0.29) is 0 Å². The Hall–Kier alpha value is -1.95. The fraction of sp³-hybridized carbons (Fsp3) is 0.308. The Morgan fingerprint density at radius 3 is 2.53 bits per heavy atom. The van der Waals surface area contributed by atoms with Crippen molar-refractivity contribution >= 4 is 17.2 Å². The zero-order valence-electron chi connectivity index (χ0n) is 11.4. The van der Waals surface area contributed by atoms with E-state index < -0.39 is 0 Å². The molecule has 2 aromatic heterocycles. The topological polar surface area (TPSA) is 66.0 Å². The van der Waals surface area contributed by atoms with Crippen LogP contribution in [0.25, 0.3) is 0 Å². The van der Waals surface area contributed by atoms with Crippen molar-refractivity contribution < 1.29 is 4.74 Å². The molecule has 2 N–H and O–H groups in total. The Labute approximate surface area is 117 Å². The number of ether oxygens (including phenoxy) is 1. The summed E-state index contributed by atoms with van der Waals surface area (Å²) >= 11 is 4.98. The molecular weight excluding hydrogens is 260 g/mol. The molecule has 0 saturated carbocycles. The van der Waals surface area contributed by atoms with Gasteiger partial charge in [0.15, 0.2) is 5.75 Å². The number of hydrogen-bond acceptors (Lipinski definition) is 4. The van der Waals surface area contributed by atoms with Crippen LogP contribution in [0.15, 0.2) is 12.1 Å². The lowest BCUT2D eigenvalue weighted by Crippen LogP contribution is -2.10. The molecule has 0 saturated heterocycles. The summed E-state index contributed by atoms with van der Waals surface area (Å²) < 4.78 is 7.60. The van der Waals surface area contributed by atoms with E-state index in [2.05, 4.69) is 10.1 Å². The maximum atomic E-state index is 5.82. The number of thiocarbonyl (C=S) groups is 1. The monoisotopic (exact) mass is 276 g/mol. The fourth-order valence-corrected chi connectivity index (χ4v) is 1.96. The summed E-state index contributed by atoms with van der Waals surface area (Å²) in [6, 6.07) is 3.57. The van der Waals surface area contributed by atoms with Gasteiger partial charge in [-0.05, 0) is 26.8 Å². The van der Waals surface area contributed by atoms with E-state index in [1.807, 2.05) is 33.9 Å². The summed E-state index contributed by atoms with van der Waals surface area (Å²) in [5.74, 6) is 1.19. The average molecular weight is 276 g/mol. The number of pyridine rings is 1. The average Bonchev–Trinajstić information content (AvgIpc) is 2.55. The fourth-order valence-electron chi connectivity index (χ4n) is 1.84. The highest BCUT2D eigenvalue weighted by Gasteiger charge is 2.13. The molecule has 0 fully saturated rings. The maximum Gasteiger partial charge on any atom is 0.220 e. The highest BCUT2D eigenvalue weighted by molar-refractivity contribution is 7.80. The van der Waals surface area contributed by atoms with E-state index in [4.69, 9.17) is 22.7 Å². The van der Waals surface area contributed by atoms with Crippen LogP contribution in [0.2, 0.25) is 0 Å². The van der Waals surface area contributed by atoms with E-state index in [1.54, 1.807) is 10.7 Å². The Balaban J connectivity index is 2.41. The zero-order valence-corrected chi connectivity index (χ0v) is 12.2. The lowest BCUT2D eigenvalue weighted by Gasteiger charge is -2.08. The standard InChI is InChI=1S/C13H16N4OS/c1-7-5-10(13(14)19)6-11(15-7)18-12-8(2)16-17(4)9(12)3/h5-6H,1-4H3,(H2,14,19). The van der Waals surface area contributed by atoms with Crippen LogP contribution < -0.4 is 10.5 Å². The van der Waals surface area contributed by atoms with Crippen molar-refractivity contribution in [1.29, 1.82) is 0 Å². The van der Waals surface area contributed by atoms with Gasteiger partial charge in [0.25, 0.3) is 0 Å². The van der Waals surface area contributed by atoms with Gasteiger partial charge in [0, 0.05) is 24.4 Å². The first-order valence-electron chi connectivity index (χ1n) is 5.85. The van der Waals surface area contributed by atoms with Crippen molar-refractivity contribution in [2.75, 3.05) is 0 Å². The molecule has 19 heavy (non-hydrogen) atoms. The molecule has 2 heterocycles. The molecule has 100 valence electrons. The second-order valence-electron chi connectivity index (χ2n) is 4.43. The molecule has 0 bridgehead atoms.